The highest BCUT2D eigenvalue weighted by Crippen LogP contribution is 2.31. The molecule has 0 aliphatic heterocycles. The number of benzene rings is 1. The highest BCUT2D eigenvalue weighted by atomic mass is 79.9. The van der Waals surface area contributed by atoms with Crippen molar-refractivity contribution in [1.29, 1.82) is 0 Å². The minimum atomic E-state index is 0.0679. The van der Waals surface area contributed by atoms with Gasteiger partial charge in [0, 0.05) is 15.1 Å². The molecule has 0 bridgehead atoms. The number of phenols is 1. The number of pyridine rings is 1. The zero-order valence-corrected chi connectivity index (χ0v) is 13.1. The Morgan fingerprint density at radius 1 is 1.05 bits per heavy atom. The lowest BCUT2D eigenvalue weighted by molar-refractivity contribution is 0.425. The maximum atomic E-state index is 9.88. The third-order valence-electron chi connectivity index (χ3n) is 2.57. The highest BCUT2D eigenvalue weighted by molar-refractivity contribution is 9.10. The average molecular weight is 397 g/mol. The third-order valence-corrected chi connectivity index (χ3v) is 3.54. The molecular weight excluding hydrogens is 390 g/mol. The number of phenolic OH excluding ortho intramolecular Hbond substituents is 1. The van der Waals surface area contributed by atoms with Gasteiger partial charge in [-0.1, -0.05) is 21.1 Å². The molecule has 0 saturated carbocycles. The maximum absolute atomic E-state index is 9.88. The summed E-state index contributed by atoms with van der Waals surface area (Å²) in [5.41, 5.74) is 1.07. The van der Waals surface area contributed by atoms with Crippen LogP contribution in [0.4, 0.5) is 0 Å². The first kappa shape index (κ1) is 13.3. The number of hydrogen-bond acceptors (Lipinski definition) is 5. The Kier molecular flexibility index (Phi) is 3.54. The quantitative estimate of drug-likeness (QED) is 0.707. The van der Waals surface area contributed by atoms with Gasteiger partial charge in [-0.15, -0.1) is 0 Å². The smallest absolute Gasteiger partial charge is 0.262 e. The average Bonchev–Trinajstić information content (AvgIpc) is 2.89. The number of aromatic hydroxyl groups is 1. The van der Waals surface area contributed by atoms with Gasteiger partial charge in [-0.05, 0) is 46.3 Å². The van der Waals surface area contributed by atoms with E-state index in [9.17, 15) is 5.11 Å². The van der Waals surface area contributed by atoms with Crippen molar-refractivity contribution in [3.63, 3.8) is 0 Å². The Morgan fingerprint density at radius 3 is 2.55 bits per heavy atom. The van der Waals surface area contributed by atoms with Crippen LogP contribution in [-0.2, 0) is 0 Å². The second-order valence-electron chi connectivity index (χ2n) is 3.95. The van der Waals surface area contributed by atoms with Gasteiger partial charge in [0.25, 0.3) is 5.89 Å². The van der Waals surface area contributed by atoms with Crippen LogP contribution in [0.5, 0.6) is 5.75 Å². The van der Waals surface area contributed by atoms with E-state index in [-0.39, 0.29) is 11.6 Å². The lowest BCUT2D eigenvalue weighted by Crippen LogP contribution is -1.85. The van der Waals surface area contributed by atoms with Crippen molar-refractivity contribution in [2.45, 2.75) is 0 Å². The second kappa shape index (κ2) is 5.34. The minimum absolute atomic E-state index is 0.0679. The molecule has 0 fully saturated rings. The molecule has 3 rings (SSSR count). The summed E-state index contributed by atoms with van der Waals surface area (Å²) in [6.07, 6.45) is 1.66. The normalized spacial score (nSPS) is 10.7. The van der Waals surface area contributed by atoms with Crippen LogP contribution in [0.25, 0.3) is 23.0 Å². The molecule has 0 unspecified atom stereocenters. The van der Waals surface area contributed by atoms with Crippen molar-refractivity contribution in [2.75, 3.05) is 0 Å². The molecule has 3 aromatic rings. The van der Waals surface area contributed by atoms with E-state index in [4.69, 9.17) is 4.52 Å². The molecule has 20 heavy (non-hydrogen) atoms. The number of aromatic nitrogens is 3. The van der Waals surface area contributed by atoms with Crippen LogP contribution >= 0.6 is 31.9 Å². The Bertz CT molecular complexity index is 757. The largest absolute Gasteiger partial charge is 0.507 e. The highest BCUT2D eigenvalue weighted by Gasteiger charge is 2.14. The maximum Gasteiger partial charge on any atom is 0.262 e. The fourth-order valence-electron chi connectivity index (χ4n) is 1.63. The Balaban J connectivity index is 1.99. The molecule has 100 valence electrons. The number of nitrogens with zero attached hydrogens (tertiary/aromatic N) is 3. The van der Waals surface area contributed by atoms with Crippen molar-refractivity contribution in [3.05, 3.63) is 45.5 Å². The van der Waals surface area contributed by atoms with E-state index >= 15 is 0 Å². The summed E-state index contributed by atoms with van der Waals surface area (Å²) in [5.74, 6) is 0.683. The summed E-state index contributed by atoms with van der Waals surface area (Å²) < 4.78 is 6.81. The number of hydrogen-bond donors (Lipinski definition) is 1. The van der Waals surface area contributed by atoms with Crippen LogP contribution in [0.3, 0.4) is 0 Å². The van der Waals surface area contributed by atoms with E-state index in [0.29, 0.717) is 17.1 Å². The predicted octanol–water partition coefficient (Wildman–Crippen LogP) is 4.03. The number of halogens is 2. The van der Waals surface area contributed by atoms with E-state index < -0.39 is 0 Å². The van der Waals surface area contributed by atoms with Crippen LogP contribution in [0.15, 0.2) is 50.0 Å². The fourth-order valence-corrected chi connectivity index (χ4v) is 2.21. The van der Waals surface area contributed by atoms with Gasteiger partial charge >= 0.3 is 0 Å². The molecule has 0 radical (unpaired) electrons. The predicted molar refractivity (Wildman–Crippen MR) is 80.0 cm³/mol. The molecule has 0 saturated heterocycles. The summed E-state index contributed by atoms with van der Waals surface area (Å²) in [7, 11) is 0. The molecule has 0 atom stereocenters. The monoisotopic (exact) mass is 395 g/mol. The van der Waals surface area contributed by atoms with Crippen LogP contribution in [-0.4, -0.2) is 20.2 Å². The summed E-state index contributed by atoms with van der Waals surface area (Å²) >= 11 is 6.59. The minimum Gasteiger partial charge on any atom is -0.507 e. The molecule has 2 aromatic heterocycles. The summed E-state index contributed by atoms with van der Waals surface area (Å²) in [6, 6.07) is 8.68. The zero-order valence-electron chi connectivity index (χ0n) is 9.92. The first-order chi connectivity index (χ1) is 9.63. The van der Waals surface area contributed by atoms with E-state index in [1.165, 1.54) is 0 Å². The van der Waals surface area contributed by atoms with Crippen molar-refractivity contribution in [1.82, 2.24) is 15.1 Å². The molecule has 2 heterocycles. The van der Waals surface area contributed by atoms with E-state index in [0.717, 1.165) is 8.95 Å². The van der Waals surface area contributed by atoms with E-state index in [1.54, 1.807) is 30.5 Å². The topological polar surface area (TPSA) is 72.0 Å². The lowest BCUT2D eigenvalue weighted by Gasteiger charge is -1.99. The molecule has 1 N–H and O–H groups in total. The Hall–Kier alpha value is -1.73. The van der Waals surface area contributed by atoms with Gasteiger partial charge in [0.05, 0.1) is 5.56 Å². The van der Waals surface area contributed by atoms with Gasteiger partial charge in [-0.25, -0.2) is 0 Å². The van der Waals surface area contributed by atoms with Crippen LogP contribution in [0.1, 0.15) is 0 Å². The van der Waals surface area contributed by atoms with Gasteiger partial charge in [-0.3, -0.25) is 4.98 Å². The van der Waals surface area contributed by atoms with Gasteiger partial charge in [0.1, 0.15) is 11.4 Å². The second-order valence-corrected chi connectivity index (χ2v) is 5.78. The first-order valence-electron chi connectivity index (χ1n) is 5.58. The van der Waals surface area contributed by atoms with Crippen molar-refractivity contribution >= 4 is 31.9 Å². The SMILES string of the molecule is Oc1cc(Br)ccc1-c1nc(-c2ccc(Br)cn2)no1. The molecule has 0 aliphatic rings. The molecule has 5 nitrogen and oxygen atoms in total. The fraction of sp³-hybridized carbons (Fsp3) is 0. The molecular formula is C13H7Br2N3O2. The van der Waals surface area contributed by atoms with Crippen LogP contribution in [0.2, 0.25) is 0 Å². The Morgan fingerprint density at radius 2 is 1.85 bits per heavy atom. The first-order valence-corrected chi connectivity index (χ1v) is 7.16. The van der Waals surface area contributed by atoms with Crippen molar-refractivity contribution < 1.29 is 9.63 Å². The van der Waals surface area contributed by atoms with Crippen molar-refractivity contribution in [3.8, 4) is 28.7 Å². The van der Waals surface area contributed by atoms with Crippen LogP contribution in [0, 0.1) is 0 Å². The molecule has 0 aliphatic carbocycles. The van der Waals surface area contributed by atoms with Crippen LogP contribution < -0.4 is 0 Å². The molecule has 7 heteroatoms. The van der Waals surface area contributed by atoms with E-state index in [1.807, 2.05) is 6.07 Å². The zero-order chi connectivity index (χ0) is 14.1. The molecule has 1 aromatic carbocycles. The van der Waals surface area contributed by atoms with Gasteiger partial charge < -0.3 is 9.63 Å². The Labute approximate surface area is 130 Å². The summed E-state index contributed by atoms with van der Waals surface area (Å²) in [4.78, 5) is 8.43. The number of rotatable bonds is 2. The van der Waals surface area contributed by atoms with E-state index in [2.05, 4.69) is 47.0 Å². The summed E-state index contributed by atoms with van der Waals surface area (Å²) in [5, 5.41) is 13.8. The molecule has 0 spiro atoms. The van der Waals surface area contributed by atoms with Gasteiger partial charge in [-0.2, -0.15) is 4.98 Å². The van der Waals surface area contributed by atoms with Crippen molar-refractivity contribution in [2.24, 2.45) is 0 Å². The third kappa shape index (κ3) is 2.59. The standard InChI is InChI=1S/C13H7Br2N3O2/c14-7-1-3-9(11(19)5-7)13-17-12(18-20-13)10-4-2-8(15)6-16-10/h1-6,19H. The summed E-state index contributed by atoms with van der Waals surface area (Å²) in [6.45, 7) is 0. The van der Waals surface area contributed by atoms with Gasteiger partial charge in [0.15, 0.2) is 0 Å². The molecule has 0 amide bonds. The lowest BCUT2D eigenvalue weighted by atomic mass is 10.2. The van der Waals surface area contributed by atoms with Gasteiger partial charge in [0.2, 0.25) is 5.82 Å².